The van der Waals surface area contributed by atoms with Gasteiger partial charge in [0.15, 0.2) is 11.6 Å². The van der Waals surface area contributed by atoms with Crippen molar-refractivity contribution in [2.24, 2.45) is 7.05 Å². The van der Waals surface area contributed by atoms with E-state index in [1.54, 1.807) is 30.1 Å². The molecule has 1 amide bonds. The minimum atomic E-state index is -0.306. The molecule has 0 radical (unpaired) electrons. The zero-order valence-corrected chi connectivity index (χ0v) is 13.7. The minimum Gasteiger partial charge on any atom is -0.497 e. The number of rotatable bonds is 5. The lowest BCUT2D eigenvalue weighted by Crippen LogP contribution is -2.28. The molecular weight excluding hydrogens is 308 g/mol. The van der Waals surface area contributed by atoms with Crippen LogP contribution in [0.5, 0.6) is 5.75 Å². The lowest BCUT2D eigenvalue weighted by molar-refractivity contribution is 0.0910. The van der Waals surface area contributed by atoms with Gasteiger partial charge in [0, 0.05) is 12.6 Å². The molecule has 0 spiro atoms. The van der Waals surface area contributed by atoms with E-state index in [0.29, 0.717) is 11.6 Å². The molecule has 0 saturated carbocycles. The van der Waals surface area contributed by atoms with Gasteiger partial charge in [-0.1, -0.05) is 12.1 Å². The van der Waals surface area contributed by atoms with Crippen LogP contribution in [0.4, 0.5) is 0 Å². The molecule has 0 saturated heterocycles. The summed E-state index contributed by atoms with van der Waals surface area (Å²) < 4.78 is 12.6. The predicted molar refractivity (Wildman–Crippen MR) is 87.6 cm³/mol. The lowest BCUT2D eigenvalue weighted by Gasteiger charge is -2.11. The molecule has 124 valence electrons. The van der Waals surface area contributed by atoms with Crippen molar-refractivity contribution in [3.05, 3.63) is 54.3 Å². The number of amides is 1. The van der Waals surface area contributed by atoms with Gasteiger partial charge in [-0.2, -0.15) is 0 Å². The van der Waals surface area contributed by atoms with E-state index in [-0.39, 0.29) is 17.7 Å². The number of carbonyl (C=O) groups is 1. The second kappa shape index (κ2) is 6.57. The number of benzene rings is 1. The van der Waals surface area contributed by atoms with Crippen molar-refractivity contribution in [1.29, 1.82) is 0 Å². The fourth-order valence-corrected chi connectivity index (χ4v) is 2.41. The van der Waals surface area contributed by atoms with Gasteiger partial charge in [-0.3, -0.25) is 4.79 Å². The predicted octanol–water partition coefficient (Wildman–Crippen LogP) is 2.57. The first kappa shape index (κ1) is 15.8. The Morgan fingerprint density at radius 1 is 1.33 bits per heavy atom. The van der Waals surface area contributed by atoms with Crippen LogP contribution in [-0.2, 0) is 7.05 Å². The van der Waals surface area contributed by atoms with Crippen LogP contribution in [0.25, 0.3) is 11.3 Å². The Labute approximate surface area is 139 Å². The molecule has 24 heavy (non-hydrogen) atoms. The highest BCUT2D eigenvalue weighted by Gasteiger charge is 2.18. The molecule has 0 aliphatic carbocycles. The SMILES string of the molecule is COc1cccc(-c2ccc(C(=O)NC(C)c3nncn3C)o2)c1. The Bertz CT molecular complexity index is 853. The van der Waals surface area contributed by atoms with Crippen LogP contribution in [-0.4, -0.2) is 27.8 Å². The highest BCUT2D eigenvalue weighted by atomic mass is 16.5. The first-order valence-electron chi connectivity index (χ1n) is 7.47. The van der Waals surface area contributed by atoms with Crippen molar-refractivity contribution in [3.63, 3.8) is 0 Å². The number of aryl methyl sites for hydroxylation is 1. The number of hydrogen-bond donors (Lipinski definition) is 1. The summed E-state index contributed by atoms with van der Waals surface area (Å²) in [6.07, 6.45) is 1.59. The van der Waals surface area contributed by atoms with Crippen molar-refractivity contribution < 1.29 is 13.9 Å². The maximum Gasteiger partial charge on any atom is 0.287 e. The van der Waals surface area contributed by atoms with Crippen LogP contribution in [0.15, 0.2) is 47.1 Å². The average Bonchev–Trinajstić information content (AvgIpc) is 3.24. The zero-order valence-electron chi connectivity index (χ0n) is 13.7. The van der Waals surface area contributed by atoms with Crippen LogP contribution in [0.3, 0.4) is 0 Å². The first-order chi connectivity index (χ1) is 11.6. The molecule has 0 fully saturated rings. The summed E-state index contributed by atoms with van der Waals surface area (Å²) in [6, 6.07) is 10.6. The Morgan fingerprint density at radius 2 is 2.17 bits per heavy atom. The van der Waals surface area contributed by atoms with Crippen molar-refractivity contribution in [2.75, 3.05) is 7.11 Å². The van der Waals surface area contributed by atoms with Gasteiger partial charge >= 0.3 is 0 Å². The van der Waals surface area contributed by atoms with Gasteiger partial charge in [0.2, 0.25) is 0 Å². The summed E-state index contributed by atoms with van der Waals surface area (Å²) in [6.45, 7) is 1.84. The fraction of sp³-hybridized carbons (Fsp3) is 0.235. The molecule has 1 aromatic carbocycles. The van der Waals surface area contributed by atoms with Crippen molar-refractivity contribution in [3.8, 4) is 17.1 Å². The summed E-state index contributed by atoms with van der Waals surface area (Å²) in [4.78, 5) is 12.3. The van der Waals surface area contributed by atoms with Crippen LogP contribution in [0.2, 0.25) is 0 Å². The Kier molecular flexibility index (Phi) is 4.33. The van der Waals surface area contributed by atoms with Gasteiger partial charge in [0.05, 0.1) is 13.2 Å². The average molecular weight is 326 g/mol. The van der Waals surface area contributed by atoms with Crippen molar-refractivity contribution in [2.45, 2.75) is 13.0 Å². The van der Waals surface area contributed by atoms with Gasteiger partial charge < -0.3 is 19.0 Å². The number of nitrogens with one attached hydrogen (secondary N) is 1. The number of ether oxygens (including phenoxy) is 1. The Hall–Kier alpha value is -3.09. The molecule has 1 unspecified atom stereocenters. The summed E-state index contributed by atoms with van der Waals surface area (Å²) in [5.74, 6) is 1.93. The smallest absolute Gasteiger partial charge is 0.287 e. The molecule has 2 aromatic heterocycles. The number of carbonyl (C=O) groups excluding carboxylic acids is 1. The molecule has 0 aliphatic heterocycles. The molecule has 0 aliphatic rings. The van der Waals surface area contributed by atoms with Crippen molar-refractivity contribution >= 4 is 5.91 Å². The Morgan fingerprint density at radius 3 is 2.88 bits per heavy atom. The van der Waals surface area contributed by atoms with Crippen LogP contribution < -0.4 is 10.1 Å². The molecule has 1 N–H and O–H groups in total. The van der Waals surface area contributed by atoms with Crippen LogP contribution in [0.1, 0.15) is 29.3 Å². The zero-order chi connectivity index (χ0) is 17.1. The normalized spacial score (nSPS) is 12.0. The number of nitrogens with zero attached hydrogens (tertiary/aromatic N) is 3. The largest absolute Gasteiger partial charge is 0.497 e. The Balaban J connectivity index is 1.75. The highest BCUT2D eigenvalue weighted by molar-refractivity contribution is 5.92. The van der Waals surface area contributed by atoms with Gasteiger partial charge in [0.1, 0.15) is 17.8 Å². The second-order valence-corrected chi connectivity index (χ2v) is 5.39. The molecule has 3 rings (SSSR count). The highest BCUT2D eigenvalue weighted by Crippen LogP contribution is 2.26. The van der Waals surface area contributed by atoms with E-state index in [0.717, 1.165) is 11.3 Å². The molecule has 7 heteroatoms. The topological polar surface area (TPSA) is 82.2 Å². The number of furan rings is 1. The van der Waals surface area contributed by atoms with Gasteiger partial charge in [-0.05, 0) is 31.2 Å². The van der Waals surface area contributed by atoms with E-state index in [1.807, 2.05) is 38.2 Å². The van der Waals surface area contributed by atoms with Gasteiger partial charge in [0.25, 0.3) is 5.91 Å². The standard InChI is InChI=1S/C17H18N4O3/c1-11(16-20-18-10-21(16)2)19-17(22)15-8-7-14(24-15)12-5-4-6-13(9-12)23-3/h4-11H,1-3H3,(H,19,22). The third-order valence-electron chi connectivity index (χ3n) is 3.67. The van der Waals surface area contributed by atoms with E-state index in [1.165, 1.54) is 0 Å². The summed E-state index contributed by atoms with van der Waals surface area (Å²) in [5.41, 5.74) is 0.842. The van der Waals surface area contributed by atoms with Crippen LogP contribution >= 0.6 is 0 Å². The summed E-state index contributed by atoms with van der Waals surface area (Å²) in [7, 11) is 3.43. The van der Waals surface area contributed by atoms with Gasteiger partial charge in [-0.25, -0.2) is 0 Å². The molecule has 2 heterocycles. The number of aromatic nitrogens is 3. The van der Waals surface area contributed by atoms with Gasteiger partial charge in [-0.15, -0.1) is 10.2 Å². The number of methoxy groups -OCH3 is 1. The third kappa shape index (κ3) is 3.15. The quantitative estimate of drug-likeness (QED) is 0.779. The lowest BCUT2D eigenvalue weighted by atomic mass is 10.2. The monoisotopic (exact) mass is 326 g/mol. The third-order valence-corrected chi connectivity index (χ3v) is 3.67. The van der Waals surface area contributed by atoms with Crippen LogP contribution in [0, 0.1) is 0 Å². The minimum absolute atomic E-state index is 0.238. The molecule has 1 atom stereocenters. The van der Waals surface area contributed by atoms with E-state index in [2.05, 4.69) is 15.5 Å². The maximum atomic E-state index is 12.3. The fourth-order valence-electron chi connectivity index (χ4n) is 2.41. The number of hydrogen-bond acceptors (Lipinski definition) is 5. The molecule has 0 bridgehead atoms. The van der Waals surface area contributed by atoms with E-state index in [9.17, 15) is 4.79 Å². The van der Waals surface area contributed by atoms with E-state index in [4.69, 9.17) is 9.15 Å². The molecular formula is C17H18N4O3. The molecule has 7 nitrogen and oxygen atoms in total. The maximum absolute atomic E-state index is 12.3. The first-order valence-corrected chi connectivity index (χ1v) is 7.47. The van der Waals surface area contributed by atoms with E-state index >= 15 is 0 Å². The van der Waals surface area contributed by atoms with Crippen molar-refractivity contribution in [1.82, 2.24) is 20.1 Å². The second-order valence-electron chi connectivity index (χ2n) is 5.39. The summed E-state index contributed by atoms with van der Waals surface area (Å²) >= 11 is 0. The summed E-state index contributed by atoms with van der Waals surface area (Å²) in [5, 5.41) is 10.6. The van der Waals surface area contributed by atoms with E-state index < -0.39 is 0 Å². The molecule has 3 aromatic rings.